The molecule has 0 amide bonds. The second-order valence-electron chi connectivity index (χ2n) is 0.803. The summed E-state index contributed by atoms with van der Waals surface area (Å²) >= 11 is 0. The van der Waals surface area contributed by atoms with E-state index in [1.165, 1.54) is 0 Å². The molecule has 0 aromatic rings. The first-order valence-corrected chi connectivity index (χ1v) is 1.24. The first-order valence-electron chi connectivity index (χ1n) is 1.24. The number of hydrogen-bond donors (Lipinski definition) is 1. The van der Waals surface area contributed by atoms with Crippen molar-refractivity contribution in [2.45, 2.75) is 6.18 Å². The van der Waals surface area contributed by atoms with Gasteiger partial charge < -0.3 is 10.6 Å². The van der Waals surface area contributed by atoms with E-state index in [1.54, 1.807) is 0 Å². The van der Waals surface area contributed by atoms with Gasteiger partial charge in [0.1, 0.15) is 0 Å². The Labute approximate surface area is 58.6 Å². The average Bonchev–Trinajstić information content (AvgIpc) is 1.31. The van der Waals surface area contributed by atoms with Crippen molar-refractivity contribution < 1.29 is 45.6 Å². The summed E-state index contributed by atoms with van der Waals surface area (Å²) in [5.41, 5.74) is 0. The standard InChI is InChI=1S/C2HF3O2.Cu.H2O/c3-2(4,5)1(6)7;;/h(H,6,7);;1H2. The van der Waals surface area contributed by atoms with Crippen LogP contribution in [0.1, 0.15) is 0 Å². The van der Waals surface area contributed by atoms with E-state index in [2.05, 4.69) is 0 Å². The number of carboxylic acid groups (broad SMARTS) is 1. The van der Waals surface area contributed by atoms with E-state index >= 15 is 0 Å². The van der Waals surface area contributed by atoms with Crippen molar-refractivity contribution in [2.75, 3.05) is 0 Å². The van der Waals surface area contributed by atoms with E-state index in [1.807, 2.05) is 0 Å². The van der Waals surface area contributed by atoms with Gasteiger partial charge in [0.15, 0.2) is 0 Å². The third-order valence-electron chi connectivity index (χ3n) is 0.243. The third-order valence-corrected chi connectivity index (χ3v) is 0.243. The minimum atomic E-state index is -5.08. The van der Waals surface area contributed by atoms with Gasteiger partial charge in [0, 0.05) is 17.1 Å². The van der Waals surface area contributed by atoms with Crippen molar-refractivity contribution in [3.05, 3.63) is 0 Å². The molecule has 0 fully saturated rings. The first-order chi connectivity index (χ1) is 2.94. The monoisotopic (exact) mass is 195 g/mol. The Morgan fingerprint density at radius 1 is 1.33 bits per heavy atom. The fourth-order valence-electron chi connectivity index (χ4n) is 0. The van der Waals surface area contributed by atoms with Crippen LogP contribution in [0.25, 0.3) is 0 Å². The predicted molar refractivity (Wildman–Crippen MR) is 17.3 cm³/mol. The van der Waals surface area contributed by atoms with E-state index in [4.69, 9.17) is 9.90 Å². The SMILES string of the molecule is O.O=C(O)C(F)(F)F.[Cu]. The Balaban J connectivity index is -0.000000180. The minimum absolute atomic E-state index is 0. The van der Waals surface area contributed by atoms with Crippen LogP contribution < -0.4 is 0 Å². The molecule has 0 rings (SSSR count). The van der Waals surface area contributed by atoms with E-state index in [-0.39, 0.29) is 22.5 Å². The number of alkyl halides is 3. The molecule has 0 aromatic carbocycles. The maximum absolute atomic E-state index is 10.6. The molecule has 1 radical (unpaired) electrons. The zero-order valence-corrected chi connectivity index (χ0v) is 4.73. The molecule has 9 heavy (non-hydrogen) atoms. The summed E-state index contributed by atoms with van der Waals surface area (Å²) in [7, 11) is 0. The Morgan fingerprint density at radius 3 is 1.44 bits per heavy atom. The van der Waals surface area contributed by atoms with E-state index in [0.29, 0.717) is 0 Å². The fraction of sp³-hybridized carbons (Fsp3) is 0.500. The van der Waals surface area contributed by atoms with Crippen LogP contribution in [-0.2, 0) is 21.9 Å². The molecule has 0 spiro atoms. The summed E-state index contributed by atoms with van der Waals surface area (Å²) < 4.78 is 31.7. The predicted octanol–water partition coefficient (Wildman–Crippen LogP) is -0.194. The second-order valence-corrected chi connectivity index (χ2v) is 0.803. The van der Waals surface area contributed by atoms with Crippen molar-refractivity contribution in [1.29, 1.82) is 0 Å². The summed E-state index contributed by atoms with van der Waals surface area (Å²) in [6.07, 6.45) is -5.08. The second kappa shape index (κ2) is 4.60. The molecule has 0 aliphatic rings. The molecular formula is C2H3CuF3O3. The summed E-state index contributed by atoms with van der Waals surface area (Å²) in [5, 5.41) is 7.12. The van der Waals surface area contributed by atoms with Crippen molar-refractivity contribution in [1.82, 2.24) is 0 Å². The van der Waals surface area contributed by atoms with Crippen LogP contribution in [0.15, 0.2) is 0 Å². The summed E-state index contributed by atoms with van der Waals surface area (Å²) in [6.45, 7) is 0. The zero-order valence-electron chi connectivity index (χ0n) is 3.79. The molecule has 3 N–H and O–H groups in total. The molecule has 0 saturated carbocycles. The third kappa shape index (κ3) is 7.74. The van der Waals surface area contributed by atoms with Gasteiger partial charge in [-0.25, -0.2) is 4.79 Å². The van der Waals surface area contributed by atoms with Crippen LogP contribution in [0.4, 0.5) is 13.2 Å². The average molecular weight is 196 g/mol. The molecule has 0 bridgehead atoms. The topological polar surface area (TPSA) is 68.8 Å². The maximum atomic E-state index is 10.6. The van der Waals surface area contributed by atoms with Crippen molar-refractivity contribution >= 4 is 5.97 Å². The Morgan fingerprint density at radius 2 is 1.44 bits per heavy atom. The van der Waals surface area contributed by atoms with Crippen LogP contribution in [-0.4, -0.2) is 22.7 Å². The summed E-state index contributed by atoms with van der Waals surface area (Å²) in [5.74, 6) is -2.76. The van der Waals surface area contributed by atoms with Gasteiger partial charge in [0.05, 0.1) is 0 Å². The van der Waals surface area contributed by atoms with E-state index < -0.39 is 12.1 Å². The van der Waals surface area contributed by atoms with Crippen molar-refractivity contribution in [3.63, 3.8) is 0 Å². The first kappa shape index (κ1) is 15.9. The molecule has 0 aromatic heterocycles. The van der Waals surface area contributed by atoms with Gasteiger partial charge in [-0.05, 0) is 0 Å². The number of carbonyl (C=O) groups is 1. The van der Waals surface area contributed by atoms with Gasteiger partial charge in [0.25, 0.3) is 0 Å². The maximum Gasteiger partial charge on any atom is 0.490 e. The Hall–Kier alpha value is -0.261. The molecular weight excluding hydrogens is 193 g/mol. The largest absolute Gasteiger partial charge is 0.490 e. The van der Waals surface area contributed by atoms with Crippen molar-refractivity contribution in [3.8, 4) is 0 Å². The van der Waals surface area contributed by atoms with Crippen molar-refractivity contribution in [2.24, 2.45) is 0 Å². The van der Waals surface area contributed by atoms with Gasteiger partial charge in [-0.2, -0.15) is 13.2 Å². The van der Waals surface area contributed by atoms with Gasteiger partial charge in [-0.15, -0.1) is 0 Å². The molecule has 0 heterocycles. The molecule has 3 nitrogen and oxygen atoms in total. The van der Waals surface area contributed by atoms with Gasteiger partial charge >= 0.3 is 12.1 Å². The Kier molecular flexibility index (Phi) is 8.13. The fourth-order valence-corrected chi connectivity index (χ4v) is 0. The number of hydrogen-bond acceptors (Lipinski definition) is 1. The number of rotatable bonds is 0. The smallest absolute Gasteiger partial charge is 0.475 e. The molecule has 0 saturated heterocycles. The van der Waals surface area contributed by atoms with E-state index in [9.17, 15) is 13.2 Å². The summed E-state index contributed by atoms with van der Waals surface area (Å²) in [4.78, 5) is 8.90. The van der Waals surface area contributed by atoms with E-state index in [0.717, 1.165) is 0 Å². The molecule has 7 heteroatoms. The Bertz CT molecular complexity index is 89.5. The van der Waals surface area contributed by atoms with Crippen LogP contribution in [0, 0.1) is 0 Å². The minimum Gasteiger partial charge on any atom is -0.475 e. The summed E-state index contributed by atoms with van der Waals surface area (Å²) in [6, 6.07) is 0. The molecule has 61 valence electrons. The van der Waals surface area contributed by atoms with Gasteiger partial charge in [-0.1, -0.05) is 0 Å². The quantitative estimate of drug-likeness (QED) is 0.544. The number of carboxylic acids is 1. The molecule has 0 aliphatic heterocycles. The zero-order chi connectivity index (χ0) is 6.08. The van der Waals surface area contributed by atoms with Crippen LogP contribution in [0.3, 0.4) is 0 Å². The van der Waals surface area contributed by atoms with Gasteiger partial charge in [-0.3, -0.25) is 0 Å². The number of aliphatic carboxylic acids is 1. The number of halogens is 3. The van der Waals surface area contributed by atoms with Gasteiger partial charge in [0.2, 0.25) is 0 Å². The normalized spacial score (nSPS) is 8.78. The van der Waals surface area contributed by atoms with Crippen LogP contribution in [0.2, 0.25) is 0 Å². The molecule has 0 atom stereocenters. The van der Waals surface area contributed by atoms with Crippen LogP contribution >= 0.6 is 0 Å². The molecule has 0 aliphatic carbocycles. The molecule has 0 unspecified atom stereocenters. The van der Waals surface area contributed by atoms with Crippen LogP contribution in [0.5, 0.6) is 0 Å².